The van der Waals surface area contributed by atoms with Gasteiger partial charge in [-0.1, -0.05) is 218 Å². The molecule has 0 heterocycles. The largest absolute Gasteiger partial charge is 0.310 e. The molecule has 68 heavy (non-hydrogen) atoms. The van der Waals surface area contributed by atoms with Gasteiger partial charge in [0, 0.05) is 34.1 Å². The maximum atomic E-state index is 2.35. The van der Waals surface area contributed by atoms with Gasteiger partial charge in [-0.25, -0.2) is 0 Å². The van der Waals surface area contributed by atoms with Gasteiger partial charge in [0.15, 0.2) is 0 Å². The van der Waals surface area contributed by atoms with E-state index in [-0.39, 0.29) is 0 Å². The van der Waals surface area contributed by atoms with Crippen LogP contribution in [0, 0.1) is 0 Å². The van der Waals surface area contributed by atoms with Crippen LogP contribution in [0.15, 0.2) is 267 Å². The van der Waals surface area contributed by atoms with Crippen molar-refractivity contribution < 1.29 is 0 Å². The second kappa shape index (κ2) is 19.2. The molecule has 0 aliphatic heterocycles. The Balaban J connectivity index is 0.997. The minimum atomic E-state index is 1.09. The van der Waals surface area contributed by atoms with Gasteiger partial charge in [0.2, 0.25) is 0 Å². The molecule has 11 aromatic carbocycles. The molecule has 0 aromatic heterocycles. The molecule has 0 fully saturated rings. The minimum absolute atomic E-state index is 1.09. The average molecular weight is 869 g/mol. The van der Waals surface area contributed by atoms with Gasteiger partial charge in [0.25, 0.3) is 0 Å². The topological polar surface area (TPSA) is 6.48 Å². The zero-order valence-corrected chi connectivity index (χ0v) is 37.6. The van der Waals surface area contributed by atoms with E-state index in [1.165, 1.54) is 43.8 Å². The summed E-state index contributed by atoms with van der Waals surface area (Å²) in [6, 6.07) is 95.8. The molecular formula is C66H48N2. The normalized spacial score (nSPS) is 11.4. The molecule has 0 amide bonds. The smallest absolute Gasteiger partial charge is 0.0467 e. The van der Waals surface area contributed by atoms with Gasteiger partial charge in [-0.2, -0.15) is 0 Å². The predicted octanol–water partition coefficient (Wildman–Crippen LogP) is 18.6. The van der Waals surface area contributed by atoms with Crippen molar-refractivity contribution in [2.75, 3.05) is 9.80 Å². The van der Waals surface area contributed by atoms with E-state index in [0.29, 0.717) is 0 Å². The number of para-hydroxylation sites is 2. The number of fused-ring (bicyclic) bond motifs is 2. The van der Waals surface area contributed by atoms with Crippen molar-refractivity contribution in [2.24, 2.45) is 0 Å². The summed E-state index contributed by atoms with van der Waals surface area (Å²) < 4.78 is 0. The van der Waals surface area contributed by atoms with E-state index >= 15 is 0 Å². The molecule has 2 nitrogen and oxygen atoms in total. The Morgan fingerprint density at radius 2 is 0.471 bits per heavy atom. The number of anilines is 6. The zero-order chi connectivity index (χ0) is 45.5. The molecule has 0 saturated heterocycles. The summed E-state index contributed by atoms with van der Waals surface area (Å²) in [7, 11) is 0. The Kier molecular flexibility index (Phi) is 11.8. The number of nitrogens with zero attached hydrogens (tertiary/aromatic N) is 2. The molecule has 0 N–H and O–H groups in total. The van der Waals surface area contributed by atoms with E-state index in [9.17, 15) is 0 Å². The van der Waals surface area contributed by atoms with Crippen molar-refractivity contribution in [3.05, 3.63) is 289 Å². The van der Waals surface area contributed by atoms with Crippen molar-refractivity contribution in [3.63, 3.8) is 0 Å². The molecule has 2 heteroatoms. The summed E-state index contributed by atoms with van der Waals surface area (Å²) in [6.07, 6.45) is 8.67. The minimum Gasteiger partial charge on any atom is -0.310 e. The average Bonchev–Trinajstić information content (AvgIpc) is 3.41. The van der Waals surface area contributed by atoms with Crippen LogP contribution >= 0.6 is 0 Å². The number of benzene rings is 11. The second-order valence-electron chi connectivity index (χ2n) is 17.0. The van der Waals surface area contributed by atoms with Crippen LogP contribution < -0.4 is 9.80 Å². The first-order valence-electron chi connectivity index (χ1n) is 23.2. The highest BCUT2D eigenvalue weighted by atomic mass is 15.1. The van der Waals surface area contributed by atoms with Crippen LogP contribution in [0.5, 0.6) is 0 Å². The van der Waals surface area contributed by atoms with Gasteiger partial charge >= 0.3 is 0 Å². The highest BCUT2D eigenvalue weighted by molar-refractivity contribution is 6.21. The van der Waals surface area contributed by atoms with Crippen LogP contribution in [0.4, 0.5) is 34.1 Å². The number of hydrogen-bond acceptors (Lipinski definition) is 2. The molecule has 0 saturated carbocycles. The molecule has 0 spiro atoms. The maximum absolute atomic E-state index is 2.35. The van der Waals surface area contributed by atoms with E-state index in [1.54, 1.807) is 0 Å². The van der Waals surface area contributed by atoms with Gasteiger partial charge in [0.05, 0.1) is 0 Å². The van der Waals surface area contributed by atoms with Crippen molar-refractivity contribution >= 4 is 80.0 Å². The van der Waals surface area contributed by atoms with Crippen LogP contribution in [-0.2, 0) is 0 Å². The van der Waals surface area contributed by atoms with Crippen LogP contribution in [-0.4, -0.2) is 0 Å². The summed E-state index contributed by atoms with van der Waals surface area (Å²) in [5.74, 6) is 0. The first kappa shape index (κ1) is 41.7. The molecule has 0 unspecified atom stereocenters. The van der Waals surface area contributed by atoms with Crippen LogP contribution in [0.2, 0.25) is 0 Å². The van der Waals surface area contributed by atoms with Crippen LogP contribution in [0.1, 0.15) is 22.3 Å². The Bertz CT molecular complexity index is 3230. The lowest BCUT2D eigenvalue weighted by Gasteiger charge is -2.27. The second-order valence-corrected chi connectivity index (χ2v) is 17.0. The summed E-state index contributed by atoms with van der Waals surface area (Å²) in [4.78, 5) is 4.71. The summed E-state index contributed by atoms with van der Waals surface area (Å²) in [6.45, 7) is 0. The zero-order valence-electron chi connectivity index (χ0n) is 37.6. The van der Waals surface area contributed by atoms with Crippen LogP contribution in [0.25, 0.3) is 68.1 Å². The van der Waals surface area contributed by atoms with Gasteiger partial charge in [0.1, 0.15) is 0 Å². The quantitative estimate of drug-likeness (QED) is 0.0892. The molecule has 11 aromatic rings. The highest BCUT2D eigenvalue weighted by Gasteiger charge is 2.20. The van der Waals surface area contributed by atoms with E-state index < -0.39 is 0 Å². The monoisotopic (exact) mass is 868 g/mol. The summed E-state index contributed by atoms with van der Waals surface area (Å²) in [5, 5.41) is 4.85. The fraction of sp³-hybridized carbons (Fsp3) is 0. The van der Waals surface area contributed by atoms with Gasteiger partial charge < -0.3 is 9.80 Å². The Morgan fingerprint density at radius 1 is 0.206 bits per heavy atom. The van der Waals surface area contributed by atoms with Crippen molar-refractivity contribution in [2.45, 2.75) is 0 Å². The molecule has 11 rings (SSSR count). The third-order valence-electron chi connectivity index (χ3n) is 12.6. The van der Waals surface area contributed by atoms with Gasteiger partial charge in [-0.05, 0) is 139 Å². The Morgan fingerprint density at radius 3 is 0.809 bits per heavy atom. The number of rotatable bonds is 12. The molecule has 0 bridgehead atoms. The maximum Gasteiger partial charge on any atom is 0.0467 e. The number of hydrogen-bond donors (Lipinski definition) is 0. The van der Waals surface area contributed by atoms with Gasteiger partial charge in [-0.15, -0.1) is 0 Å². The first-order chi connectivity index (χ1) is 33.7. The Hall–Kier alpha value is -8.98. The summed E-state index contributed by atoms with van der Waals surface area (Å²) >= 11 is 0. The molecular weight excluding hydrogens is 821 g/mol. The fourth-order valence-corrected chi connectivity index (χ4v) is 9.38. The SMILES string of the molecule is C(=Cc1ccc(N(c2ccccc2)c2cccc(-c3c4ccccc4c(-c4cccc(N(c5ccccc5)c5ccc(C=Cc6ccccc6)cc5)c4)c4ccccc34)c2)cc1)c1ccccc1. The van der Waals surface area contributed by atoms with Crippen molar-refractivity contribution in [1.82, 2.24) is 0 Å². The first-order valence-corrected chi connectivity index (χ1v) is 23.2. The third-order valence-corrected chi connectivity index (χ3v) is 12.6. The lowest BCUT2D eigenvalue weighted by atomic mass is 9.85. The van der Waals surface area contributed by atoms with E-state index in [0.717, 1.165) is 56.4 Å². The molecule has 0 aliphatic carbocycles. The lowest BCUT2D eigenvalue weighted by Crippen LogP contribution is -2.10. The highest BCUT2D eigenvalue weighted by Crippen LogP contribution is 2.46. The predicted molar refractivity (Wildman–Crippen MR) is 292 cm³/mol. The van der Waals surface area contributed by atoms with Crippen LogP contribution in [0.3, 0.4) is 0 Å². The van der Waals surface area contributed by atoms with Crippen molar-refractivity contribution in [3.8, 4) is 22.3 Å². The van der Waals surface area contributed by atoms with Gasteiger partial charge in [-0.3, -0.25) is 0 Å². The van der Waals surface area contributed by atoms with Crippen molar-refractivity contribution in [1.29, 1.82) is 0 Å². The molecule has 0 aliphatic rings. The molecule has 322 valence electrons. The van der Waals surface area contributed by atoms with E-state index in [1.807, 2.05) is 12.1 Å². The Labute approximate surface area is 399 Å². The molecule has 0 radical (unpaired) electrons. The summed E-state index contributed by atoms with van der Waals surface area (Å²) in [5.41, 5.74) is 16.0. The molecule has 0 atom stereocenters. The van der Waals surface area contributed by atoms with E-state index in [4.69, 9.17) is 0 Å². The van der Waals surface area contributed by atoms with E-state index in [2.05, 4.69) is 289 Å². The fourth-order valence-electron chi connectivity index (χ4n) is 9.38. The third kappa shape index (κ3) is 8.75. The lowest BCUT2D eigenvalue weighted by molar-refractivity contribution is 1.28. The standard InChI is InChI=1S/C66H48N2/c1-5-19-49(20-6-1)35-37-51-39-43-57(44-40-51)67(55-25-9-3-10-26-55)59-29-17-23-53(47-59)65-61-31-13-15-33-63(61)66(64-34-16-14-32-62(64)65)54-24-18-30-60(48-54)68(56-27-11-4-12-28-56)58-45-41-52(42-46-58)38-36-50-21-7-2-8-22-50/h1-48H.